The van der Waals surface area contributed by atoms with Gasteiger partial charge in [-0.05, 0) is 28.8 Å². The monoisotopic (exact) mass is 504 g/mol. The molecule has 8 heteroatoms. The van der Waals surface area contributed by atoms with Crippen molar-refractivity contribution in [3.63, 3.8) is 0 Å². The summed E-state index contributed by atoms with van der Waals surface area (Å²) in [5.41, 5.74) is 3.21. The van der Waals surface area contributed by atoms with Crippen LogP contribution < -0.4 is 9.47 Å². The summed E-state index contributed by atoms with van der Waals surface area (Å²) < 4.78 is 44.8. The molecule has 0 amide bonds. The topological polar surface area (TPSA) is 71.9 Å². The summed E-state index contributed by atoms with van der Waals surface area (Å²) in [7, 11) is 3.01. The zero-order valence-corrected chi connectivity index (χ0v) is 20.7. The zero-order valence-electron chi connectivity index (χ0n) is 20.7. The van der Waals surface area contributed by atoms with Crippen molar-refractivity contribution in [3.8, 4) is 11.9 Å². The van der Waals surface area contributed by atoms with E-state index in [4.69, 9.17) is 23.7 Å². The number of hydrogen-bond donors (Lipinski definition) is 0. The van der Waals surface area contributed by atoms with E-state index >= 15 is 4.39 Å². The van der Waals surface area contributed by atoms with E-state index in [0.29, 0.717) is 29.0 Å². The van der Waals surface area contributed by atoms with Crippen molar-refractivity contribution in [2.24, 2.45) is 0 Å². The highest BCUT2D eigenvalue weighted by atomic mass is 19.1. The molecule has 0 aliphatic carbocycles. The Labute approximate surface area is 215 Å². The average Bonchev–Trinajstić information content (AvgIpc) is 3.26. The Hall–Kier alpha value is -3.59. The van der Waals surface area contributed by atoms with Crippen molar-refractivity contribution in [2.75, 3.05) is 20.8 Å². The lowest BCUT2D eigenvalue weighted by Crippen LogP contribution is -2.34. The first-order valence-corrected chi connectivity index (χ1v) is 12.1. The number of alkyl halides is 1. The van der Waals surface area contributed by atoms with Crippen LogP contribution in [-0.4, -0.2) is 49.2 Å². The number of aromatic nitrogens is 2. The molecule has 5 rings (SSSR count). The van der Waals surface area contributed by atoms with Gasteiger partial charge in [-0.15, -0.1) is 0 Å². The van der Waals surface area contributed by atoms with Gasteiger partial charge in [-0.25, -0.2) is 4.39 Å². The molecular weight excluding hydrogens is 475 g/mol. The molecular formula is C29H29FN2O5. The van der Waals surface area contributed by atoms with Crippen molar-refractivity contribution in [3.05, 3.63) is 95.6 Å². The quantitative estimate of drug-likeness (QED) is 0.293. The summed E-state index contributed by atoms with van der Waals surface area (Å²) in [6, 6.07) is 25.1. The Morgan fingerprint density at radius 3 is 2.22 bits per heavy atom. The number of hydrogen-bond acceptors (Lipinski definition) is 7. The molecule has 0 radical (unpaired) electrons. The van der Waals surface area contributed by atoms with Crippen LogP contribution in [0.3, 0.4) is 0 Å². The molecule has 4 atom stereocenters. The standard InChI is InChI=1S/C29H29FN2O5/c1-33-28-22-14-13-21(15-23(22)31-29(32-28)34-2)26-25(30)27(36-17-20-11-7-4-8-12-20)24(37-26)18-35-16-19-9-5-3-6-10-19/h3-15,24-27H,16-18H2,1-2H3/t24-,25-,26+,27-/m1/s1. The lowest BCUT2D eigenvalue weighted by Gasteiger charge is -2.20. The normalized spacial score (nSPS) is 21.3. The molecule has 0 unspecified atom stereocenters. The minimum absolute atomic E-state index is 0.168. The van der Waals surface area contributed by atoms with Gasteiger partial charge in [0.1, 0.15) is 18.3 Å². The van der Waals surface area contributed by atoms with E-state index in [-0.39, 0.29) is 19.2 Å². The molecule has 0 saturated carbocycles. The maximum atomic E-state index is 15.9. The fourth-order valence-electron chi connectivity index (χ4n) is 4.47. The third kappa shape index (κ3) is 5.72. The molecule has 192 valence electrons. The van der Waals surface area contributed by atoms with E-state index in [1.165, 1.54) is 14.2 Å². The summed E-state index contributed by atoms with van der Waals surface area (Å²) in [4.78, 5) is 8.63. The molecule has 0 bridgehead atoms. The van der Waals surface area contributed by atoms with Gasteiger partial charge < -0.3 is 23.7 Å². The Kier molecular flexibility index (Phi) is 7.89. The van der Waals surface area contributed by atoms with Crippen LogP contribution in [-0.2, 0) is 27.4 Å². The fraction of sp³-hybridized carbons (Fsp3) is 0.310. The van der Waals surface area contributed by atoms with E-state index in [1.54, 1.807) is 18.2 Å². The third-order valence-electron chi connectivity index (χ3n) is 6.34. The molecule has 1 fully saturated rings. The predicted molar refractivity (Wildman–Crippen MR) is 136 cm³/mol. The molecule has 3 aromatic carbocycles. The minimum atomic E-state index is -1.41. The maximum absolute atomic E-state index is 15.9. The number of ether oxygens (including phenoxy) is 5. The van der Waals surface area contributed by atoms with Crippen molar-refractivity contribution < 1.29 is 28.1 Å². The van der Waals surface area contributed by atoms with Gasteiger partial charge in [-0.1, -0.05) is 66.7 Å². The largest absolute Gasteiger partial charge is 0.480 e. The van der Waals surface area contributed by atoms with Crippen LogP contribution >= 0.6 is 0 Å². The number of rotatable bonds is 10. The molecule has 1 saturated heterocycles. The van der Waals surface area contributed by atoms with Gasteiger partial charge in [-0.2, -0.15) is 9.97 Å². The number of benzene rings is 3. The summed E-state index contributed by atoms with van der Waals surface area (Å²) in [5, 5.41) is 0.695. The number of halogens is 1. The van der Waals surface area contributed by atoms with Gasteiger partial charge >= 0.3 is 6.01 Å². The first-order chi connectivity index (χ1) is 18.2. The third-order valence-corrected chi connectivity index (χ3v) is 6.34. The van der Waals surface area contributed by atoms with E-state index in [9.17, 15) is 0 Å². The smallest absolute Gasteiger partial charge is 0.320 e. The van der Waals surface area contributed by atoms with Crippen molar-refractivity contribution in [1.82, 2.24) is 9.97 Å². The number of nitrogens with zero attached hydrogens (tertiary/aromatic N) is 2. The van der Waals surface area contributed by atoms with Gasteiger partial charge in [0.2, 0.25) is 5.88 Å². The van der Waals surface area contributed by atoms with Crippen LogP contribution in [0.15, 0.2) is 78.9 Å². The van der Waals surface area contributed by atoms with Gasteiger partial charge in [0.15, 0.2) is 6.17 Å². The van der Waals surface area contributed by atoms with Crippen LogP contribution in [0.4, 0.5) is 4.39 Å². The summed E-state index contributed by atoms with van der Waals surface area (Å²) in [6.07, 6.45) is -3.64. The fourth-order valence-corrected chi connectivity index (χ4v) is 4.47. The van der Waals surface area contributed by atoms with Gasteiger partial charge in [0.05, 0.1) is 44.9 Å². The first-order valence-electron chi connectivity index (χ1n) is 12.1. The highest BCUT2D eigenvalue weighted by Gasteiger charge is 2.46. The van der Waals surface area contributed by atoms with Crippen LogP contribution in [0.2, 0.25) is 0 Å². The first kappa shape index (κ1) is 25.1. The van der Waals surface area contributed by atoms with Crippen molar-refractivity contribution in [1.29, 1.82) is 0 Å². The highest BCUT2D eigenvalue weighted by Crippen LogP contribution is 2.39. The Morgan fingerprint density at radius 2 is 1.54 bits per heavy atom. The van der Waals surface area contributed by atoms with E-state index in [0.717, 1.165) is 11.1 Å². The maximum Gasteiger partial charge on any atom is 0.320 e. The molecule has 1 aliphatic heterocycles. The predicted octanol–water partition coefficient (Wildman–Crippen LogP) is 5.23. The summed E-state index contributed by atoms with van der Waals surface area (Å²) in [5.74, 6) is 0.383. The lowest BCUT2D eigenvalue weighted by molar-refractivity contribution is -0.0737. The second-order valence-corrected chi connectivity index (χ2v) is 8.80. The lowest BCUT2D eigenvalue weighted by atomic mass is 10.0. The molecule has 0 N–H and O–H groups in total. The van der Waals surface area contributed by atoms with Gasteiger partial charge in [0, 0.05) is 0 Å². The molecule has 2 heterocycles. The summed E-state index contributed by atoms with van der Waals surface area (Å²) >= 11 is 0. The Morgan fingerprint density at radius 1 is 0.838 bits per heavy atom. The minimum Gasteiger partial charge on any atom is -0.480 e. The van der Waals surface area contributed by atoms with Gasteiger partial charge in [0.25, 0.3) is 0 Å². The van der Waals surface area contributed by atoms with E-state index in [2.05, 4.69) is 9.97 Å². The number of fused-ring (bicyclic) bond motifs is 1. The van der Waals surface area contributed by atoms with Crippen LogP contribution in [0.25, 0.3) is 10.9 Å². The number of methoxy groups -OCH3 is 2. The van der Waals surface area contributed by atoms with Gasteiger partial charge in [-0.3, -0.25) is 0 Å². The molecule has 4 aromatic rings. The molecule has 0 spiro atoms. The van der Waals surface area contributed by atoms with Crippen molar-refractivity contribution in [2.45, 2.75) is 37.7 Å². The Bertz CT molecular complexity index is 1310. The molecule has 1 aliphatic rings. The second-order valence-electron chi connectivity index (χ2n) is 8.80. The van der Waals surface area contributed by atoms with Crippen LogP contribution in [0, 0.1) is 0 Å². The van der Waals surface area contributed by atoms with Crippen molar-refractivity contribution >= 4 is 10.9 Å². The Balaban J connectivity index is 1.37. The van der Waals surface area contributed by atoms with Crippen LogP contribution in [0.5, 0.6) is 11.9 Å². The second kappa shape index (κ2) is 11.6. The average molecular weight is 505 g/mol. The van der Waals surface area contributed by atoms with E-state index in [1.807, 2.05) is 60.7 Å². The van der Waals surface area contributed by atoms with Crippen LogP contribution in [0.1, 0.15) is 22.8 Å². The zero-order chi connectivity index (χ0) is 25.6. The molecule has 7 nitrogen and oxygen atoms in total. The SMILES string of the molecule is COc1nc(OC)c2ccc([C@@H]3O[C@H](COCc4ccccc4)[C@@H](OCc4ccccc4)[C@@H]3F)cc2n1. The summed E-state index contributed by atoms with van der Waals surface area (Å²) in [6.45, 7) is 0.874. The molecule has 37 heavy (non-hydrogen) atoms. The van der Waals surface area contributed by atoms with E-state index < -0.39 is 24.5 Å². The highest BCUT2D eigenvalue weighted by molar-refractivity contribution is 5.84. The molecule has 1 aromatic heterocycles.